The molecule has 0 saturated carbocycles. The first kappa shape index (κ1) is 16.6. The smallest absolute Gasteiger partial charge is 0.283 e. The molecule has 0 aliphatic carbocycles. The van der Waals surface area contributed by atoms with Crippen LogP contribution in [0.5, 0.6) is 0 Å². The van der Waals surface area contributed by atoms with Crippen LogP contribution in [0.2, 0.25) is 5.02 Å². The number of para-hydroxylation sites is 1. The van der Waals surface area contributed by atoms with Crippen molar-refractivity contribution in [3.05, 3.63) is 77.3 Å². The summed E-state index contributed by atoms with van der Waals surface area (Å²) in [5, 5.41) is 1.41. The number of rotatable bonds is 3. The van der Waals surface area contributed by atoms with Gasteiger partial charge in [0.05, 0.1) is 6.54 Å². The van der Waals surface area contributed by atoms with Gasteiger partial charge in [0.2, 0.25) is 0 Å². The topological polar surface area (TPSA) is 55.9 Å². The van der Waals surface area contributed by atoms with Crippen LogP contribution in [0.15, 0.2) is 60.9 Å². The maximum Gasteiger partial charge on any atom is 0.340 e. The van der Waals surface area contributed by atoms with Gasteiger partial charge >= 0.3 is 6.03 Å². The van der Waals surface area contributed by atoms with E-state index in [1.54, 1.807) is 18.2 Å². The number of hydrogen-bond acceptors (Lipinski definition) is 3. The Bertz CT molecular complexity index is 885. The first-order valence-electron chi connectivity index (χ1n) is 7.91. The van der Waals surface area contributed by atoms with Crippen LogP contribution in [0.25, 0.3) is 0 Å². The lowest BCUT2D eigenvalue weighted by Gasteiger charge is -2.29. The molecule has 8 heteroatoms. The molecule has 2 aromatic rings. The number of halogens is 2. The molecule has 2 heterocycles. The minimum Gasteiger partial charge on any atom is -0.283 e. The largest absolute Gasteiger partial charge is 0.340 e. The van der Waals surface area contributed by atoms with Crippen LogP contribution in [0.3, 0.4) is 0 Å². The summed E-state index contributed by atoms with van der Waals surface area (Å²) in [5.41, 5.74) is 3.72. The Kier molecular flexibility index (Phi) is 4.10. The molecule has 1 saturated heterocycles. The first-order valence-corrected chi connectivity index (χ1v) is 8.29. The number of nitrogens with one attached hydrogen (secondary N) is 1. The number of hydrogen-bond donors (Lipinski definition) is 1. The average molecular weight is 373 g/mol. The normalized spacial score (nSPS) is 19.3. The second kappa shape index (κ2) is 6.44. The molecule has 1 atom stereocenters. The summed E-state index contributed by atoms with van der Waals surface area (Å²) in [5.74, 6) is -0.820. The minimum absolute atomic E-state index is 0.0935. The molecule has 0 aromatic heterocycles. The monoisotopic (exact) mass is 372 g/mol. The molecule has 1 fully saturated rings. The number of carbonyl (C=O) groups excluding carboxylic acids is 2. The summed E-state index contributed by atoms with van der Waals surface area (Å²) < 4.78 is 14.0. The third-order valence-electron chi connectivity index (χ3n) is 4.27. The Labute approximate surface area is 154 Å². The average Bonchev–Trinajstić information content (AvgIpc) is 2.96. The van der Waals surface area contributed by atoms with Crippen LogP contribution >= 0.6 is 11.6 Å². The van der Waals surface area contributed by atoms with E-state index in [-0.39, 0.29) is 23.0 Å². The van der Waals surface area contributed by atoms with Crippen LogP contribution in [-0.4, -0.2) is 28.0 Å². The molecule has 0 radical (unpaired) electrons. The Morgan fingerprint density at radius 3 is 2.54 bits per heavy atom. The van der Waals surface area contributed by atoms with E-state index in [1.807, 2.05) is 18.2 Å². The van der Waals surface area contributed by atoms with Gasteiger partial charge in [0.1, 0.15) is 5.82 Å². The second-order valence-electron chi connectivity index (χ2n) is 5.85. The van der Waals surface area contributed by atoms with Crippen LogP contribution in [0.1, 0.15) is 5.56 Å². The van der Waals surface area contributed by atoms with Crippen LogP contribution < -0.4 is 10.3 Å². The van der Waals surface area contributed by atoms with Crippen LogP contribution in [0.4, 0.5) is 14.9 Å². The number of amides is 3. The fourth-order valence-electron chi connectivity index (χ4n) is 2.94. The SMILES string of the molecule is O=C1C2NN(Cc3c(F)cccc3Cl)C(=O)N2C=CN1c1ccccc1. The minimum atomic E-state index is -0.891. The highest BCUT2D eigenvalue weighted by Crippen LogP contribution is 2.26. The van der Waals surface area contributed by atoms with E-state index in [0.717, 1.165) is 0 Å². The molecule has 2 aliphatic heterocycles. The maximum absolute atomic E-state index is 14.0. The maximum atomic E-state index is 14.0. The molecule has 6 nitrogen and oxygen atoms in total. The number of carbonyl (C=O) groups is 2. The lowest BCUT2D eigenvalue weighted by atomic mass is 10.2. The molecule has 132 valence electrons. The Morgan fingerprint density at radius 1 is 1.04 bits per heavy atom. The molecule has 0 spiro atoms. The van der Waals surface area contributed by atoms with Gasteiger partial charge in [-0.05, 0) is 24.3 Å². The summed E-state index contributed by atoms with van der Waals surface area (Å²) in [7, 11) is 0. The van der Waals surface area contributed by atoms with Gasteiger partial charge in [0.25, 0.3) is 5.91 Å². The number of hydrazine groups is 1. The van der Waals surface area contributed by atoms with Crippen LogP contribution in [-0.2, 0) is 11.3 Å². The standard InChI is InChI=1S/C18H14ClFN4O2/c19-14-7-4-8-15(20)13(14)11-24-18(26)23-10-9-22(17(25)16(23)21-24)12-5-2-1-3-6-12/h1-10,16,21H,11H2. The van der Waals surface area contributed by atoms with Gasteiger partial charge < -0.3 is 0 Å². The molecule has 1 N–H and O–H groups in total. The summed E-state index contributed by atoms with van der Waals surface area (Å²) >= 11 is 6.03. The van der Waals surface area contributed by atoms with E-state index in [1.165, 1.54) is 39.3 Å². The van der Waals surface area contributed by atoms with Crippen LogP contribution in [0, 0.1) is 5.82 Å². The van der Waals surface area contributed by atoms with Gasteiger partial charge in [-0.1, -0.05) is 35.9 Å². The van der Waals surface area contributed by atoms with Crippen molar-refractivity contribution in [3.63, 3.8) is 0 Å². The van der Waals surface area contributed by atoms with Crippen molar-refractivity contribution in [2.75, 3.05) is 4.90 Å². The van der Waals surface area contributed by atoms with Crippen molar-refractivity contribution in [2.24, 2.45) is 0 Å². The van der Waals surface area contributed by atoms with Crippen molar-refractivity contribution >= 4 is 29.2 Å². The highest BCUT2D eigenvalue weighted by atomic mass is 35.5. The second-order valence-corrected chi connectivity index (χ2v) is 6.26. The number of nitrogens with zero attached hydrogens (tertiary/aromatic N) is 3. The summed E-state index contributed by atoms with van der Waals surface area (Å²) in [6.45, 7) is -0.0935. The van der Waals surface area contributed by atoms with E-state index >= 15 is 0 Å². The molecular weight excluding hydrogens is 359 g/mol. The predicted octanol–water partition coefficient (Wildman–Crippen LogP) is 3.07. The van der Waals surface area contributed by atoms with Crippen molar-refractivity contribution in [1.29, 1.82) is 0 Å². The Balaban J connectivity index is 1.58. The third kappa shape index (κ3) is 2.71. The van der Waals surface area contributed by atoms with Gasteiger partial charge in [-0.15, -0.1) is 0 Å². The van der Waals surface area contributed by atoms with E-state index in [2.05, 4.69) is 5.43 Å². The molecule has 0 bridgehead atoms. The number of fused-ring (bicyclic) bond motifs is 1. The quantitative estimate of drug-likeness (QED) is 0.901. The number of benzene rings is 2. The molecule has 3 amide bonds. The summed E-state index contributed by atoms with van der Waals surface area (Å²) in [6, 6.07) is 13.0. The summed E-state index contributed by atoms with van der Waals surface area (Å²) in [4.78, 5) is 28.1. The van der Waals surface area contributed by atoms with Gasteiger partial charge in [0.15, 0.2) is 6.17 Å². The Morgan fingerprint density at radius 2 is 1.81 bits per heavy atom. The van der Waals surface area contributed by atoms with E-state index in [0.29, 0.717) is 5.69 Å². The molecule has 2 aromatic carbocycles. The number of anilines is 1. The van der Waals surface area contributed by atoms with E-state index in [9.17, 15) is 14.0 Å². The van der Waals surface area contributed by atoms with Crippen molar-refractivity contribution in [3.8, 4) is 0 Å². The zero-order valence-corrected chi connectivity index (χ0v) is 14.2. The third-order valence-corrected chi connectivity index (χ3v) is 4.62. The fraction of sp³-hybridized carbons (Fsp3) is 0.111. The van der Waals surface area contributed by atoms with Crippen molar-refractivity contribution in [1.82, 2.24) is 15.3 Å². The fourth-order valence-corrected chi connectivity index (χ4v) is 3.16. The molecule has 1 unspecified atom stereocenters. The molecular formula is C18H14ClFN4O2. The van der Waals surface area contributed by atoms with Crippen molar-refractivity contribution < 1.29 is 14.0 Å². The zero-order chi connectivity index (χ0) is 18.3. The Hall–Kier alpha value is -2.90. The molecule has 2 aliphatic rings. The van der Waals surface area contributed by atoms with E-state index < -0.39 is 18.0 Å². The van der Waals surface area contributed by atoms with E-state index in [4.69, 9.17) is 11.6 Å². The van der Waals surface area contributed by atoms with Gasteiger partial charge in [-0.25, -0.2) is 9.18 Å². The lowest BCUT2D eigenvalue weighted by molar-refractivity contribution is -0.122. The predicted molar refractivity (Wildman–Crippen MR) is 94.2 cm³/mol. The van der Waals surface area contributed by atoms with Crippen molar-refractivity contribution in [2.45, 2.75) is 12.7 Å². The first-order chi connectivity index (χ1) is 12.6. The lowest BCUT2D eigenvalue weighted by Crippen LogP contribution is -2.51. The highest BCUT2D eigenvalue weighted by molar-refractivity contribution is 6.31. The van der Waals surface area contributed by atoms with Gasteiger partial charge in [0, 0.05) is 28.7 Å². The zero-order valence-electron chi connectivity index (χ0n) is 13.5. The van der Waals surface area contributed by atoms with Gasteiger partial charge in [-0.3, -0.25) is 19.6 Å². The highest BCUT2D eigenvalue weighted by Gasteiger charge is 2.44. The van der Waals surface area contributed by atoms with Gasteiger partial charge in [-0.2, -0.15) is 5.43 Å². The molecule has 26 heavy (non-hydrogen) atoms. The molecule has 4 rings (SSSR count). The summed E-state index contributed by atoms with van der Waals surface area (Å²) in [6.07, 6.45) is 2.17. The number of urea groups is 1.